The Bertz CT molecular complexity index is 884. The fraction of sp³-hybridized carbons (Fsp3) is 0.211. The molecule has 3 N–H and O–H groups in total. The van der Waals surface area contributed by atoms with Gasteiger partial charge in [-0.2, -0.15) is 0 Å². The second-order valence-electron chi connectivity index (χ2n) is 5.97. The van der Waals surface area contributed by atoms with Crippen LogP contribution in [-0.4, -0.2) is 30.1 Å². The van der Waals surface area contributed by atoms with Crippen LogP contribution in [0.25, 0.3) is 0 Å². The Kier molecular flexibility index (Phi) is 8.87. The topological polar surface area (TPSA) is 88.7 Å². The van der Waals surface area contributed by atoms with Crippen molar-refractivity contribution in [2.75, 3.05) is 13.2 Å². The van der Waals surface area contributed by atoms with E-state index in [0.717, 1.165) is 20.1 Å². The fourth-order valence-electron chi connectivity index (χ4n) is 2.15. The molecule has 7 nitrogen and oxygen atoms in total. The number of benzene rings is 2. The van der Waals surface area contributed by atoms with Crippen molar-refractivity contribution < 1.29 is 19.1 Å². The van der Waals surface area contributed by atoms with E-state index in [1.54, 1.807) is 12.1 Å². The van der Waals surface area contributed by atoms with E-state index < -0.39 is 11.8 Å². The zero-order valence-electron chi connectivity index (χ0n) is 15.7. The van der Waals surface area contributed by atoms with Crippen LogP contribution >= 0.6 is 44.1 Å². The molecule has 2 amide bonds. The molecule has 0 fully saturated rings. The first kappa shape index (κ1) is 23.1. The van der Waals surface area contributed by atoms with Gasteiger partial charge in [-0.25, -0.2) is 0 Å². The quantitative estimate of drug-likeness (QED) is 0.382. The number of carbonyl (C=O) groups excluding carboxylic acids is 2. The second kappa shape index (κ2) is 11.1. The van der Waals surface area contributed by atoms with Crippen LogP contribution in [-0.2, 0) is 9.59 Å². The van der Waals surface area contributed by atoms with Gasteiger partial charge in [0.05, 0.1) is 4.47 Å². The highest BCUT2D eigenvalue weighted by molar-refractivity contribution is 9.11. The van der Waals surface area contributed by atoms with Crippen LogP contribution < -0.4 is 25.6 Å². The van der Waals surface area contributed by atoms with Crippen molar-refractivity contribution in [3.63, 3.8) is 0 Å². The van der Waals surface area contributed by atoms with Crippen molar-refractivity contribution in [1.82, 2.24) is 16.2 Å². The number of carbonyl (C=O) groups is 2. The molecule has 2 aromatic carbocycles. The third-order valence-electron chi connectivity index (χ3n) is 3.50. The van der Waals surface area contributed by atoms with Crippen LogP contribution in [0.5, 0.6) is 11.5 Å². The molecular formula is C19H19Br2N3O4S. The van der Waals surface area contributed by atoms with Gasteiger partial charge in [-0.05, 0) is 71.8 Å². The maximum Gasteiger partial charge on any atom is 0.276 e. The summed E-state index contributed by atoms with van der Waals surface area (Å²) in [4.78, 5) is 23.8. The smallest absolute Gasteiger partial charge is 0.276 e. The highest BCUT2D eigenvalue weighted by Crippen LogP contribution is 2.32. The number of thiocarbonyl (C=S) groups is 1. The summed E-state index contributed by atoms with van der Waals surface area (Å²) in [5.41, 5.74) is 6.75. The lowest BCUT2D eigenvalue weighted by Crippen LogP contribution is -2.50. The molecule has 10 heteroatoms. The van der Waals surface area contributed by atoms with E-state index in [9.17, 15) is 9.59 Å². The summed E-state index contributed by atoms with van der Waals surface area (Å²) in [6.07, 6.45) is 0. The van der Waals surface area contributed by atoms with Gasteiger partial charge >= 0.3 is 0 Å². The molecule has 2 aromatic rings. The molecule has 0 bridgehead atoms. The summed E-state index contributed by atoms with van der Waals surface area (Å²) in [5, 5.41) is 2.34. The minimum absolute atomic E-state index is 0.0585. The minimum atomic E-state index is -0.466. The lowest BCUT2D eigenvalue weighted by molar-refractivity contribution is -0.124. The molecule has 0 saturated heterocycles. The molecule has 29 heavy (non-hydrogen) atoms. The SMILES string of the molecule is Cc1ccc(OCC(=O)NC(=S)NNC(=O)COc2c(C)cc(Br)cc2Br)cc1. The highest BCUT2D eigenvalue weighted by Gasteiger charge is 2.11. The maximum atomic E-state index is 11.9. The number of amides is 2. The molecule has 0 radical (unpaired) electrons. The van der Waals surface area contributed by atoms with Gasteiger partial charge in [0.1, 0.15) is 11.5 Å². The predicted octanol–water partition coefficient (Wildman–Crippen LogP) is 3.31. The number of nitrogens with one attached hydrogen (secondary N) is 3. The van der Waals surface area contributed by atoms with E-state index in [4.69, 9.17) is 21.7 Å². The number of hydrogen-bond acceptors (Lipinski definition) is 5. The van der Waals surface area contributed by atoms with Gasteiger partial charge in [0, 0.05) is 4.47 Å². The largest absolute Gasteiger partial charge is 0.484 e. The Morgan fingerprint density at radius 3 is 2.28 bits per heavy atom. The first-order valence-corrected chi connectivity index (χ1v) is 10.4. The van der Waals surface area contributed by atoms with Gasteiger partial charge in [-0.15, -0.1) is 0 Å². The molecule has 154 valence electrons. The Morgan fingerprint density at radius 1 is 0.966 bits per heavy atom. The number of ether oxygens (including phenoxy) is 2. The minimum Gasteiger partial charge on any atom is -0.484 e. The van der Waals surface area contributed by atoms with Gasteiger partial charge in [0.2, 0.25) is 0 Å². The summed E-state index contributed by atoms with van der Waals surface area (Å²) in [6, 6.07) is 11.0. The fourth-order valence-corrected chi connectivity index (χ4v) is 3.87. The number of hydrogen-bond donors (Lipinski definition) is 3. The second-order valence-corrected chi connectivity index (χ2v) is 8.15. The zero-order chi connectivity index (χ0) is 21.4. The number of hydrazine groups is 1. The van der Waals surface area contributed by atoms with Crippen molar-refractivity contribution in [1.29, 1.82) is 0 Å². The number of aryl methyl sites for hydroxylation is 2. The lowest BCUT2D eigenvalue weighted by Gasteiger charge is -2.13. The van der Waals surface area contributed by atoms with E-state index in [0.29, 0.717) is 11.5 Å². The molecule has 0 saturated carbocycles. The molecular weight excluding hydrogens is 526 g/mol. The van der Waals surface area contributed by atoms with Crippen molar-refractivity contribution in [3.05, 3.63) is 56.5 Å². The van der Waals surface area contributed by atoms with Crippen molar-refractivity contribution in [2.45, 2.75) is 13.8 Å². The van der Waals surface area contributed by atoms with Crippen LogP contribution in [0.3, 0.4) is 0 Å². The first-order chi connectivity index (χ1) is 13.7. The van der Waals surface area contributed by atoms with E-state index in [2.05, 4.69) is 48.0 Å². The van der Waals surface area contributed by atoms with Crippen LogP contribution in [0.4, 0.5) is 0 Å². The molecule has 0 aliphatic rings. The molecule has 0 aliphatic carbocycles. The molecule has 0 aromatic heterocycles. The average molecular weight is 545 g/mol. The Labute approximate surface area is 190 Å². The highest BCUT2D eigenvalue weighted by atomic mass is 79.9. The monoisotopic (exact) mass is 543 g/mol. The van der Waals surface area contributed by atoms with E-state index in [-0.39, 0.29) is 18.3 Å². The molecule has 2 rings (SSSR count). The van der Waals surface area contributed by atoms with Gasteiger partial charge in [0.15, 0.2) is 18.3 Å². The third kappa shape index (κ3) is 8.00. The molecule has 0 atom stereocenters. The zero-order valence-corrected chi connectivity index (χ0v) is 19.7. The van der Waals surface area contributed by atoms with E-state index >= 15 is 0 Å². The summed E-state index contributed by atoms with van der Waals surface area (Å²) in [7, 11) is 0. The van der Waals surface area contributed by atoms with Crippen LogP contribution in [0, 0.1) is 13.8 Å². The van der Waals surface area contributed by atoms with Gasteiger partial charge in [-0.3, -0.25) is 25.8 Å². The summed E-state index contributed by atoms with van der Waals surface area (Å²) in [6.45, 7) is 3.38. The van der Waals surface area contributed by atoms with Crippen LogP contribution in [0.15, 0.2) is 45.3 Å². The van der Waals surface area contributed by atoms with Gasteiger partial charge in [0.25, 0.3) is 11.8 Å². The molecule has 0 aliphatic heterocycles. The molecule has 0 unspecified atom stereocenters. The Balaban J connectivity index is 1.69. The summed E-state index contributed by atoms with van der Waals surface area (Å²) < 4.78 is 12.5. The van der Waals surface area contributed by atoms with Crippen LogP contribution in [0.2, 0.25) is 0 Å². The summed E-state index contributed by atoms with van der Waals surface area (Å²) >= 11 is 11.7. The Morgan fingerprint density at radius 2 is 1.62 bits per heavy atom. The van der Waals surface area contributed by atoms with Crippen molar-refractivity contribution >= 4 is 61.0 Å². The van der Waals surface area contributed by atoms with Crippen molar-refractivity contribution in [3.8, 4) is 11.5 Å². The Hall–Kier alpha value is -2.17. The standard InChI is InChI=1S/C19H19Br2N3O4S/c1-11-3-5-14(6-4-11)27-9-16(25)22-19(29)24-23-17(26)10-28-18-12(2)7-13(20)8-15(18)21/h3-8H,9-10H2,1-2H3,(H,23,26)(H2,22,24,25,29). The third-order valence-corrected chi connectivity index (χ3v) is 4.75. The van der Waals surface area contributed by atoms with Crippen molar-refractivity contribution in [2.24, 2.45) is 0 Å². The first-order valence-electron chi connectivity index (χ1n) is 8.41. The van der Waals surface area contributed by atoms with E-state index in [1.807, 2.05) is 38.1 Å². The maximum absolute atomic E-state index is 11.9. The molecule has 0 spiro atoms. The number of rotatable bonds is 6. The summed E-state index contributed by atoms with van der Waals surface area (Å²) in [5.74, 6) is 0.215. The van der Waals surface area contributed by atoms with Gasteiger partial charge < -0.3 is 9.47 Å². The number of halogens is 2. The van der Waals surface area contributed by atoms with Gasteiger partial charge in [-0.1, -0.05) is 33.6 Å². The average Bonchev–Trinajstić information content (AvgIpc) is 2.65. The predicted molar refractivity (Wildman–Crippen MR) is 121 cm³/mol. The normalized spacial score (nSPS) is 10.1. The van der Waals surface area contributed by atoms with Crippen LogP contribution in [0.1, 0.15) is 11.1 Å². The molecule has 0 heterocycles. The lowest BCUT2D eigenvalue weighted by atomic mass is 10.2. The van der Waals surface area contributed by atoms with E-state index in [1.165, 1.54) is 0 Å².